The number of amides is 1. The van der Waals surface area contributed by atoms with Crippen molar-refractivity contribution < 1.29 is 13.2 Å². The molecule has 0 saturated heterocycles. The van der Waals surface area contributed by atoms with Crippen LogP contribution in [0.5, 0.6) is 0 Å². The van der Waals surface area contributed by atoms with Gasteiger partial charge in [0.1, 0.15) is 11.9 Å². The summed E-state index contributed by atoms with van der Waals surface area (Å²) in [4.78, 5) is 19.9. The monoisotopic (exact) mass is 456 g/mol. The van der Waals surface area contributed by atoms with E-state index < -0.39 is 16.1 Å². The molecule has 0 radical (unpaired) electrons. The number of aryl methyl sites for hydroxylation is 1. The molecule has 172 valence electrons. The number of carbonyl (C=O) groups excluding carboxylic acids is 1. The van der Waals surface area contributed by atoms with Crippen LogP contribution in [-0.2, 0) is 14.8 Å². The first kappa shape index (κ1) is 23.9. The zero-order chi connectivity index (χ0) is 23.3. The van der Waals surface area contributed by atoms with Crippen LogP contribution in [0.25, 0.3) is 0 Å². The number of nitrogens with one attached hydrogen (secondary N) is 2. The minimum atomic E-state index is -3.64. The van der Waals surface area contributed by atoms with E-state index in [1.165, 1.54) is 5.56 Å². The maximum atomic E-state index is 13.1. The lowest BCUT2D eigenvalue weighted by Crippen LogP contribution is -2.40. The van der Waals surface area contributed by atoms with E-state index in [1.807, 2.05) is 21.0 Å². The normalized spacial score (nSPS) is 17.6. The molecule has 0 saturated carbocycles. The van der Waals surface area contributed by atoms with Crippen molar-refractivity contribution in [3.05, 3.63) is 65.2 Å². The van der Waals surface area contributed by atoms with Crippen LogP contribution in [0.15, 0.2) is 58.4 Å². The van der Waals surface area contributed by atoms with Gasteiger partial charge in [-0.25, -0.2) is 8.42 Å². The smallest absolute Gasteiger partial charge is 0.263 e. The van der Waals surface area contributed by atoms with Gasteiger partial charge in [-0.15, -0.1) is 0 Å². The Morgan fingerprint density at radius 1 is 1.12 bits per heavy atom. The van der Waals surface area contributed by atoms with Crippen LogP contribution in [0.3, 0.4) is 0 Å². The van der Waals surface area contributed by atoms with E-state index in [9.17, 15) is 13.2 Å². The molecule has 1 heterocycles. The summed E-state index contributed by atoms with van der Waals surface area (Å²) in [7, 11) is 0.321. The second-order valence-corrected chi connectivity index (χ2v) is 10.0. The van der Waals surface area contributed by atoms with Crippen molar-refractivity contribution in [2.24, 2.45) is 4.99 Å². The molecule has 0 aliphatic carbocycles. The molecule has 0 fully saturated rings. The lowest BCUT2D eigenvalue weighted by molar-refractivity contribution is -0.122. The van der Waals surface area contributed by atoms with Crippen LogP contribution >= 0.6 is 0 Å². The Bertz CT molecular complexity index is 1080. The highest BCUT2D eigenvalue weighted by Crippen LogP contribution is 2.23. The summed E-state index contributed by atoms with van der Waals surface area (Å²) in [6, 6.07) is 14.3. The molecule has 2 unspecified atom stereocenters. The zero-order valence-electron chi connectivity index (χ0n) is 19.1. The maximum Gasteiger partial charge on any atom is 0.263 e. The van der Waals surface area contributed by atoms with Gasteiger partial charge in [-0.05, 0) is 45.1 Å². The van der Waals surface area contributed by atoms with Crippen molar-refractivity contribution >= 4 is 21.8 Å². The van der Waals surface area contributed by atoms with Crippen molar-refractivity contribution in [3.8, 4) is 0 Å². The SMILES string of the molecule is CCCCC(N=C1NS(=O)(=O)c2ccccc21)C(=O)NCC(c1ccc(C)cc1)N(C)C. The third-order valence-corrected chi connectivity index (χ3v) is 7.03. The highest BCUT2D eigenvalue weighted by molar-refractivity contribution is 7.90. The lowest BCUT2D eigenvalue weighted by Gasteiger charge is -2.26. The average molecular weight is 457 g/mol. The number of likely N-dealkylation sites (N-methyl/N-ethyl adjacent to an activating group) is 1. The van der Waals surface area contributed by atoms with Crippen LogP contribution in [-0.4, -0.2) is 51.7 Å². The van der Waals surface area contributed by atoms with Gasteiger partial charge in [0.15, 0.2) is 0 Å². The highest BCUT2D eigenvalue weighted by atomic mass is 32.2. The summed E-state index contributed by atoms with van der Waals surface area (Å²) in [6.45, 7) is 4.53. The van der Waals surface area contributed by atoms with E-state index in [4.69, 9.17) is 0 Å². The third-order valence-electron chi connectivity index (χ3n) is 5.64. The predicted octanol–water partition coefficient (Wildman–Crippen LogP) is 3.01. The molecule has 1 amide bonds. The van der Waals surface area contributed by atoms with Gasteiger partial charge in [-0.3, -0.25) is 14.5 Å². The Morgan fingerprint density at radius 2 is 1.81 bits per heavy atom. The highest BCUT2D eigenvalue weighted by Gasteiger charge is 2.32. The van der Waals surface area contributed by atoms with Gasteiger partial charge < -0.3 is 10.2 Å². The fourth-order valence-electron chi connectivity index (χ4n) is 3.74. The summed E-state index contributed by atoms with van der Waals surface area (Å²) >= 11 is 0. The standard InChI is InChI=1S/C24H32N4O3S/c1-5-6-10-20(26-23-19-9-7-8-11-22(19)32(30,31)27-23)24(29)25-16-21(28(3)4)18-14-12-17(2)13-15-18/h7-9,11-15,20-21H,5-6,10,16H2,1-4H3,(H,25,29)(H,26,27). The minimum Gasteiger partial charge on any atom is -0.352 e. The summed E-state index contributed by atoms with van der Waals surface area (Å²) < 4.78 is 27.3. The molecule has 0 bridgehead atoms. The Hall–Kier alpha value is -2.71. The summed E-state index contributed by atoms with van der Waals surface area (Å²) in [5, 5.41) is 3.04. The molecule has 2 atom stereocenters. The van der Waals surface area contributed by atoms with Gasteiger partial charge in [-0.2, -0.15) is 0 Å². The van der Waals surface area contributed by atoms with E-state index in [-0.39, 0.29) is 22.7 Å². The first-order valence-corrected chi connectivity index (χ1v) is 12.4. The zero-order valence-corrected chi connectivity index (χ0v) is 19.9. The number of hydrogen-bond acceptors (Lipinski definition) is 5. The van der Waals surface area contributed by atoms with Crippen LogP contribution < -0.4 is 10.0 Å². The molecule has 8 heteroatoms. The molecule has 2 N–H and O–H groups in total. The quantitative estimate of drug-likeness (QED) is 0.607. The van der Waals surface area contributed by atoms with Gasteiger partial charge in [0, 0.05) is 12.1 Å². The van der Waals surface area contributed by atoms with E-state index in [2.05, 4.69) is 51.1 Å². The second kappa shape index (κ2) is 10.3. The number of amidine groups is 1. The van der Waals surface area contributed by atoms with Crippen molar-refractivity contribution in [1.29, 1.82) is 0 Å². The second-order valence-electron chi connectivity index (χ2n) is 8.37. The molecule has 1 aliphatic rings. The van der Waals surface area contributed by atoms with Crippen molar-refractivity contribution in [3.63, 3.8) is 0 Å². The largest absolute Gasteiger partial charge is 0.352 e. The maximum absolute atomic E-state index is 13.1. The fourth-order valence-corrected chi connectivity index (χ4v) is 4.98. The van der Waals surface area contributed by atoms with Crippen LogP contribution in [0.4, 0.5) is 0 Å². The van der Waals surface area contributed by atoms with E-state index in [1.54, 1.807) is 24.3 Å². The van der Waals surface area contributed by atoms with E-state index in [0.717, 1.165) is 18.4 Å². The number of carbonyl (C=O) groups is 1. The van der Waals surface area contributed by atoms with Gasteiger partial charge in [0.05, 0.1) is 10.9 Å². The number of sulfonamides is 1. The van der Waals surface area contributed by atoms with Gasteiger partial charge >= 0.3 is 0 Å². The molecule has 2 aromatic rings. The molecule has 7 nitrogen and oxygen atoms in total. The number of unbranched alkanes of at least 4 members (excludes halogenated alkanes) is 1. The number of benzene rings is 2. The summed E-state index contributed by atoms with van der Waals surface area (Å²) in [5.74, 6) is 0.0352. The van der Waals surface area contributed by atoms with Crippen molar-refractivity contribution in [2.75, 3.05) is 20.6 Å². The predicted molar refractivity (Wildman–Crippen MR) is 127 cm³/mol. The third kappa shape index (κ3) is 5.55. The number of fused-ring (bicyclic) bond motifs is 1. The molecule has 0 spiro atoms. The Labute approximate surface area is 191 Å². The first-order chi connectivity index (χ1) is 15.2. The van der Waals surface area contributed by atoms with E-state index >= 15 is 0 Å². The fraction of sp³-hybridized carbons (Fsp3) is 0.417. The van der Waals surface area contributed by atoms with Crippen LogP contribution in [0, 0.1) is 6.92 Å². The molecule has 32 heavy (non-hydrogen) atoms. The van der Waals surface area contributed by atoms with Gasteiger partial charge in [0.25, 0.3) is 10.0 Å². The number of aliphatic imine (C=N–C) groups is 1. The molecular weight excluding hydrogens is 424 g/mol. The topological polar surface area (TPSA) is 90.9 Å². The summed E-state index contributed by atoms with van der Waals surface area (Å²) in [5.41, 5.74) is 2.81. The van der Waals surface area contributed by atoms with Crippen LogP contribution in [0.2, 0.25) is 0 Å². The lowest BCUT2D eigenvalue weighted by atomic mass is 10.0. The molecule has 3 rings (SSSR count). The van der Waals surface area contributed by atoms with Crippen molar-refractivity contribution in [2.45, 2.75) is 50.1 Å². The van der Waals surface area contributed by atoms with Gasteiger partial charge in [0.2, 0.25) is 5.91 Å². The average Bonchev–Trinajstić information content (AvgIpc) is 3.02. The molecule has 2 aromatic carbocycles. The number of nitrogens with zero attached hydrogens (tertiary/aromatic N) is 2. The van der Waals surface area contributed by atoms with Crippen molar-refractivity contribution in [1.82, 2.24) is 14.9 Å². The van der Waals surface area contributed by atoms with Gasteiger partial charge in [-0.1, -0.05) is 61.7 Å². The molecular formula is C24H32N4O3S. The molecule has 0 aromatic heterocycles. The summed E-state index contributed by atoms with van der Waals surface area (Å²) in [6.07, 6.45) is 2.28. The number of hydrogen-bond donors (Lipinski definition) is 2. The Kier molecular flexibility index (Phi) is 7.69. The minimum absolute atomic E-state index is 0.0183. The Morgan fingerprint density at radius 3 is 2.47 bits per heavy atom. The Balaban J connectivity index is 1.79. The van der Waals surface area contributed by atoms with E-state index in [0.29, 0.717) is 18.5 Å². The molecule has 1 aliphatic heterocycles. The van der Waals surface area contributed by atoms with Crippen LogP contribution in [0.1, 0.15) is 48.9 Å². The first-order valence-electron chi connectivity index (χ1n) is 10.9. The number of rotatable bonds is 9.